The fraction of sp³-hybridized carbons (Fsp3) is 0.143. The number of esters is 1. The SMILES string of the molecule is COC(=O)c1cccc(C(=O)NCCN2C(=O)SC(=Cc3ccccc3F)C2=O)c1. The highest BCUT2D eigenvalue weighted by Crippen LogP contribution is 2.32. The van der Waals surface area contributed by atoms with Crippen LogP contribution in [-0.4, -0.2) is 48.1 Å². The molecule has 0 bridgehead atoms. The first kappa shape index (κ1) is 21.3. The molecule has 0 aromatic heterocycles. The molecule has 1 aliphatic rings. The number of imide groups is 1. The Balaban J connectivity index is 1.60. The highest BCUT2D eigenvalue weighted by atomic mass is 32.2. The van der Waals surface area contributed by atoms with E-state index >= 15 is 0 Å². The summed E-state index contributed by atoms with van der Waals surface area (Å²) in [5, 5.41) is 2.10. The molecule has 0 radical (unpaired) electrons. The molecule has 0 atom stereocenters. The lowest BCUT2D eigenvalue weighted by atomic mass is 10.1. The Morgan fingerprint density at radius 1 is 1.13 bits per heavy atom. The lowest BCUT2D eigenvalue weighted by molar-refractivity contribution is -0.122. The van der Waals surface area contributed by atoms with E-state index in [0.29, 0.717) is 11.8 Å². The molecule has 9 heteroatoms. The molecule has 1 heterocycles. The zero-order valence-corrected chi connectivity index (χ0v) is 16.7. The van der Waals surface area contributed by atoms with E-state index in [-0.39, 0.29) is 34.7 Å². The van der Waals surface area contributed by atoms with Crippen LogP contribution >= 0.6 is 11.8 Å². The van der Waals surface area contributed by atoms with Gasteiger partial charge in [0.1, 0.15) is 5.82 Å². The molecule has 2 aromatic carbocycles. The maximum Gasteiger partial charge on any atom is 0.337 e. The molecule has 3 rings (SSSR count). The number of halogens is 1. The van der Waals surface area contributed by atoms with Gasteiger partial charge in [-0.15, -0.1) is 0 Å². The highest BCUT2D eigenvalue weighted by molar-refractivity contribution is 8.18. The van der Waals surface area contributed by atoms with Gasteiger partial charge in [-0.3, -0.25) is 19.3 Å². The van der Waals surface area contributed by atoms with Gasteiger partial charge < -0.3 is 10.1 Å². The predicted molar refractivity (Wildman–Crippen MR) is 109 cm³/mol. The Labute approximate surface area is 175 Å². The van der Waals surface area contributed by atoms with E-state index < -0.39 is 28.8 Å². The second kappa shape index (κ2) is 9.36. The van der Waals surface area contributed by atoms with Gasteiger partial charge >= 0.3 is 5.97 Å². The number of benzene rings is 2. The molecule has 0 spiro atoms. The van der Waals surface area contributed by atoms with Crippen LogP contribution in [0.2, 0.25) is 0 Å². The summed E-state index contributed by atoms with van der Waals surface area (Å²) in [6, 6.07) is 11.9. The smallest absolute Gasteiger partial charge is 0.337 e. The molecule has 0 unspecified atom stereocenters. The van der Waals surface area contributed by atoms with E-state index in [4.69, 9.17) is 0 Å². The number of ether oxygens (including phenoxy) is 1. The number of nitrogens with zero attached hydrogens (tertiary/aromatic N) is 1. The summed E-state index contributed by atoms with van der Waals surface area (Å²) in [5.74, 6) is -2.07. The third-order valence-corrected chi connectivity index (χ3v) is 5.14. The quantitative estimate of drug-likeness (QED) is 0.562. The highest BCUT2D eigenvalue weighted by Gasteiger charge is 2.34. The molecular formula is C21H17FN2O5S. The van der Waals surface area contributed by atoms with Crippen LogP contribution in [0.15, 0.2) is 53.4 Å². The number of hydrogen-bond acceptors (Lipinski definition) is 6. The minimum absolute atomic E-state index is 0.0201. The van der Waals surface area contributed by atoms with Crippen molar-refractivity contribution in [2.45, 2.75) is 0 Å². The maximum atomic E-state index is 13.8. The van der Waals surface area contributed by atoms with Crippen LogP contribution in [0.5, 0.6) is 0 Å². The summed E-state index contributed by atoms with van der Waals surface area (Å²) in [7, 11) is 1.24. The fourth-order valence-corrected chi connectivity index (χ4v) is 3.57. The number of nitrogens with one attached hydrogen (secondary N) is 1. The summed E-state index contributed by atoms with van der Waals surface area (Å²) in [5.41, 5.74) is 0.683. The normalized spacial score (nSPS) is 14.9. The summed E-state index contributed by atoms with van der Waals surface area (Å²) in [6.45, 7) is -0.0198. The van der Waals surface area contributed by atoms with Gasteiger partial charge in [-0.1, -0.05) is 24.3 Å². The summed E-state index contributed by atoms with van der Waals surface area (Å²) in [4.78, 5) is 49.5. The second-order valence-electron chi connectivity index (χ2n) is 6.18. The summed E-state index contributed by atoms with van der Waals surface area (Å²) < 4.78 is 18.4. The van der Waals surface area contributed by atoms with E-state index in [1.165, 1.54) is 49.6 Å². The molecule has 1 aliphatic heterocycles. The second-order valence-corrected chi connectivity index (χ2v) is 7.18. The van der Waals surface area contributed by atoms with Gasteiger partial charge in [0.15, 0.2) is 0 Å². The molecule has 1 N–H and O–H groups in total. The number of carbonyl (C=O) groups is 4. The topological polar surface area (TPSA) is 92.8 Å². The van der Waals surface area contributed by atoms with Crippen molar-refractivity contribution in [2.24, 2.45) is 0 Å². The van der Waals surface area contributed by atoms with Gasteiger partial charge in [-0.25, -0.2) is 9.18 Å². The molecule has 3 amide bonds. The van der Waals surface area contributed by atoms with Crippen molar-refractivity contribution in [2.75, 3.05) is 20.2 Å². The molecule has 0 saturated carbocycles. The third-order valence-electron chi connectivity index (χ3n) is 4.23. The Bertz CT molecular complexity index is 1050. The van der Waals surface area contributed by atoms with E-state index in [1.807, 2.05) is 0 Å². The standard InChI is InChI=1S/C21H17FN2O5S/c1-29-20(27)15-7-4-6-14(11-15)18(25)23-9-10-24-19(26)17(30-21(24)28)12-13-5-2-3-8-16(13)22/h2-8,11-12H,9-10H2,1H3,(H,23,25). The Hall–Kier alpha value is -3.46. The van der Waals surface area contributed by atoms with Gasteiger partial charge in [0, 0.05) is 24.2 Å². The molecule has 1 fully saturated rings. The summed E-state index contributed by atoms with van der Waals surface area (Å²) in [6.07, 6.45) is 1.33. The van der Waals surface area contributed by atoms with Crippen molar-refractivity contribution in [3.8, 4) is 0 Å². The van der Waals surface area contributed by atoms with Crippen molar-refractivity contribution < 1.29 is 28.3 Å². The number of thioether (sulfide) groups is 1. The van der Waals surface area contributed by atoms with Crippen LogP contribution in [0.3, 0.4) is 0 Å². The minimum atomic E-state index is -0.566. The van der Waals surface area contributed by atoms with Crippen LogP contribution in [0, 0.1) is 5.82 Å². The zero-order chi connectivity index (χ0) is 21.7. The first-order valence-electron chi connectivity index (χ1n) is 8.87. The van der Waals surface area contributed by atoms with Crippen molar-refractivity contribution in [3.63, 3.8) is 0 Å². The molecular weight excluding hydrogens is 411 g/mol. The monoisotopic (exact) mass is 428 g/mol. The molecule has 30 heavy (non-hydrogen) atoms. The van der Waals surface area contributed by atoms with E-state index in [2.05, 4.69) is 10.1 Å². The minimum Gasteiger partial charge on any atom is -0.465 e. The van der Waals surface area contributed by atoms with Crippen LogP contribution in [0.1, 0.15) is 26.3 Å². The Morgan fingerprint density at radius 2 is 1.87 bits per heavy atom. The van der Waals surface area contributed by atoms with Gasteiger partial charge in [-0.2, -0.15) is 0 Å². The Kier molecular flexibility index (Phi) is 6.63. The molecule has 2 aromatic rings. The lowest BCUT2D eigenvalue weighted by Gasteiger charge is -2.13. The third kappa shape index (κ3) is 4.74. The number of amides is 3. The van der Waals surface area contributed by atoms with E-state index in [0.717, 1.165) is 4.90 Å². The molecule has 1 saturated heterocycles. The van der Waals surface area contributed by atoms with Crippen LogP contribution < -0.4 is 5.32 Å². The van der Waals surface area contributed by atoms with Crippen molar-refractivity contribution in [1.82, 2.24) is 10.2 Å². The van der Waals surface area contributed by atoms with Gasteiger partial charge in [0.05, 0.1) is 17.6 Å². The number of hydrogen-bond donors (Lipinski definition) is 1. The van der Waals surface area contributed by atoms with E-state index in [1.54, 1.807) is 12.1 Å². The Morgan fingerprint density at radius 3 is 2.60 bits per heavy atom. The number of rotatable bonds is 6. The fourth-order valence-electron chi connectivity index (χ4n) is 2.71. The van der Waals surface area contributed by atoms with Gasteiger partial charge in [0.2, 0.25) is 0 Å². The number of methoxy groups -OCH3 is 1. The van der Waals surface area contributed by atoms with Gasteiger partial charge in [0.25, 0.3) is 17.1 Å². The molecule has 7 nitrogen and oxygen atoms in total. The lowest BCUT2D eigenvalue weighted by Crippen LogP contribution is -2.37. The summed E-state index contributed by atoms with van der Waals surface area (Å²) >= 11 is 0.716. The molecule has 154 valence electrons. The van der Waals surface area contributed by atoms with Crippen molar-refractivity contribution in [3.05, 3.63) is 75.9 Å². The van der Waals surface area contributed by atoms with Gasteiger partial charge in [-0.05, 0) is 42.1 Å². The first-order chi connectivity index (χ1) is 14.4. The first-order valence-corrected chi connectivity index (χ1v) is 9.69. The predicted octanol–water partition coefficient (Wildman–Crippen LogP) is 3.08. The van der Waals surface area contributed by atoms with Crippen LogP contribution in [0.25, 0.3) is 6.08 Å². The van der Waals surface area contributed by atoms with Crippen molar-refractivity contribution >= 4 is 40.9 Å². The van der Waals surface area contributed by atoms with Crippen LogP contribution in [0.4, 0.5) is 9.18 Å². The zero-order valence-electron chi connectivity index (χ0n) is 15.9. The average Bonchev–Trinajstić information content (AvgIpc) is 3.02. The average molecular weight is 428 g/mol. The van der Waals surface area contributed by atoms with Crippen molar-refractivity contribution in [1.29, 1.82) is 0 Å². The number of carbonyl (C=O) groups excluding carboxylic acids is 4. The van der Waals surface area contributed by atoms with Crippen LogP contribution in [-0.2, 0) is 9.53 Å². The maximum absolute atomic E-state index is 13.8. The van der Waals surface area contributed by atoms with E-state index in [9.17, 15) is 23.6 Å². The molecule has 0 aliphatic carbocycles. The largest absolute Gasteiger partial charge is 0.465 e.